The van der Waals surface area contributed by atoms with Crippen LogP contribution in [0.5, 0.6) is 0 Å². The highest BCUT2D eigenvalue weighted by atomic mass is 16.6. The fraction of sp³-hybridized carbons (Fsp3) is 0.190. The van der Waals surface area contributed by atoms with Gasteiger partial charge in [-0.1, -0.05) is 30.3 Å². The van der Waals surface area contributed by atoms with Crippen molar-refractivity contribution in [1.29, 1.82) is 0 Å². The number of hydrogen-bond donors (Lipinski definition) is 1. The van der Waals surface area contributed by atoms with Crippen molar-refractivity contribution >= 4 is 23.3 Å². The van der Waals surface area contributed by atoms with Crippen LogP contribution in [0.1, 0.15) is 28.7 Å². The fourth-order valence-corrected chi connectivity index (χ4v) is 3.00. The van der Waals surface area contributed by atoms with E-state index in [1.54, 1.807) is 24.6 Å². The molecular weight excluding hydrogens is 388 g/mol. The highest BCUT2D eigenvalue weighted by molar-refractivity contribution is 5.99. The van der Waals surface area contributed by atoms with E-state index in [1.807, 2.05) is 30.3 Å². The molecule has 9 nitrogen and oxygen atoms in total. The minimum Gasteiger partial charge on any atom is -0.449 e. The number of esters is 1. The van der Waals surface area contributed by atoms with Crippen LogP contribution in [-0.4, -0.2) is 32.7 Å². The van der Waals surface area contributed by atoms with E-state index in [1.165, 1.54) is 25.1 Å². The molecule has 1 aromatic heterocycles. The van der Waals surface area contributed by atoms with Crippen molar-refractivity contribution in [2.75, 3.05) is 5.32 Å². The Morgan fingerprint density at radius 2 is 1.73 bits per heavy atom. The van der Waals surface area contributed by atoms with Crippen molar-refractivity contribution < 1.29 is 19.2 Å². The Hall–Kier alpha value is -4.01. The lowest BCUT2D eigenvalue weighted by molar-refractivity contribution is -0.383. The first-order chi connectivity index (χ1) is 14.3. The maximum absolute atomic E-state index is 12.7. The number of hydrogen-bond acceptors (Lipinski definition) is 6. The number of nitrogens with one attached hydrogen (secondary N) is 1. The molecule has 1 amide bonds. The number of carbonyl (C=O) groups excluding carboxylic acids is 2. The number of carbonyl (C=O) groups is 2. The van der Waals surface area contributed by atoms with Gasteiger partial charge in [0, 0.05) is 6.07 Å². The molecule has 0 saturated carbocycles. The zero-order chi connectivity index (χ0) is 21.8. The fourth-order valence-electron chi connectivity index (χ4n) is 3.00. The van der Waals surface area contributed by atoms with Crippen LogP contribution in [0.4, 0.5) is 11.4 Å². The number of para-hydroxylation sites is 3. The normalized spacial score (nSPS) is 11.6. The number of nitro benzene ring substituents is 1. The van der Waals surface area contributed by atoms with E-state index >= 15 is 0 Å². The van der Waals surface area contributed by atoms with E-state index in [9.17, 15) is 19.7 Å². The molecule has 0 aliphatic heterocycles. The molecule has 1 atom stereocenters. The predicted octanol–water partition coefficient (Wildman–Crippen LogP) is 3.58. The van der Waals surface area contributed by atoms with Gasteiger partial charge < -0.3 is 10.1 Å². The van der Waals surface area contributed by atoms with Crippen molar-refractivity contribution in [3.63, 3.8) is 0 Å². The Morgan fingerprint density at radius 3 is 2.40 bits per heavy atom. The van der Waals surface area contributed by atoms with Gasteiger partial charge >= 0.3 is 5.97 Å². The van der Waals surface area contributed by atoms with E-state index in [0.717, 1.165) is 5.69 Å². The van der Waals surface area contributed by atoms with Gasteiger partial charge in [-0.15, -0.1) is 0 Å². The molecule has 3 aromatic rings. The molecule has 0 saturated heterocycles. The minimum atomic E-state index is -1.17. The van der Waals surface area contributed by atoms with Crippen molar-refractivity contribution in [1.82, 2.24) is 9.78 Å². The van der Waals surface area contributed by atoms with Crippen LogP contribution in [-0.2, 0) is 9.53 Å². The highest BCUT2D eigenvalue weighted by Gasteiger charge is 2.26. The molecular formula is C21H20N4O5. The number of aryl methyl sites for hydroxylation is 1. The maximum Gasteiger partial charge on any atom is 0.342 e. The molecule has 2 aromatic carbocycles. The summed E-state index contributed by atoms with van der Waals surface area (Å²) in [7, 11) is 0. The lowest BCUT2D eigenvalue weighted by atomic mass is 10.2. The number of ether oxygens (including phenoxy) is 1. The molecule has 0 unspecified atom stereocenters. The molecule has 0 radical (unpaired) electrons. The Balaban J connectivity index is 1.76. The second-order valence-electron chi connectivity index (χ2n) is 6.60. The monoisotopic (exact) mass is 408 g/mol. The topological polar surface area (TPSA) is 116 Å². The highest BCUT2D eigenvalue weighted by Crippen LogP contribution is 2.24. The summed E-state index contributed by atoms with van der Waals surface area (Å²) in [5.74, 6) is -1.37. The van der Waals surface area contributed by atoms with Crippen LogP contribution < -0.4 is 5.32 Å². The average Bonchev–Trinajstić information content (AvgIpc) is 3.02. The van der Waals surface area contributed by atoms with Gasteiger partial charge in [0.2, 0.25) is 0 Å². The summed E-state index contributed by atoms with van der Waals surface area (Å²) in [6, 6.07) is 15.0. The second kappa shape index (κ2) is 8.56. The number of rotatable bonds is 6. The maximum atomic E-state index is 12.7. The van der Waals surface area contributed by atoms with Crippen LogP contribution in [0.2, 0.25) is 0 Å². The van der Waals surface area contributed by atoms with E-state index in [-0.39, 0.29) is 16.9 Å². The number of anilines is 1. The van der Waals surface area contributed by atoms with Crippen molar-refractivity contribution in [3.8, 4) is 5.69 Å². The molecule has 0 bridgehead atoms. The van der Waals surface area contributed by atoms with Crippen LogP contribution in [0.25, 0.3) is 5.69 Å². The van der Waals surface area contributed by atoms with Gasteiger partial charge in [0.05, 0.1) is 22.0 Å². The molecule has 0 fully saturated rings. The van der Waals surface area contributed by atoms with Gasteiger partial charge in [0.15, 0.2) is 6.10 Å². The van der Waals surface area contributed by atoms with Crippen LogP contribution in [0.3, 0.4) is 0 Å². The summed E-state index contributed by atoms with van der Waals surface area (Å²) in [4.78, 5) is 35.6. The first-order valence-electron chi connectivity index (χ1n) is 9.16. The minimum absolute atomic E-state index is 0.0275. The zero-order valence-corrected chi connectivity index (χ0v) is 16.7. The Labute approximate surface area is 172 Å². The lowest BCUT2D eigenvalue weighted by Crippen LogP contribution is -2.30. The molecule has 0 aliphatic carbocycles. The van der Waals surface area contributed by atoms with Gasteiger partial charge in [-0.25, -0.2) is 9.48 Å². The van der Waals surface area contributed by atoms with Gasteiger partial charge in [0.25, 0.3) is 11.6 Å². The lowest BCUT2D eigenvalue weighted by Gasteiger charge is -2.14. The second-order valence-corrected chi connectivity index (χ2v) is 6.60. The van der Waals surface area contributed by atoms with Gasteiger partial charge in [-0.3, -0.25) is 14.9 Å². The predicted molar refractivity (Wildman–Crippen MR) is 110 cm³/mol. The Kier molecular flexibility index (Phi) is 5.91. The van der Waals surface area contributed by atoms with Crippen LogP contribution in [0.15, 0.2) is 54.6 Å². The number of aromatic nitrogens is 2. The summed E-state index contributed by atoms with van der Waals surface area (Å²) < 4.78 is 6.94. The molecule has 9 heteroatoms. The summed E-state index contributed by atoms with van der Waals surface area (Å²) in [5, 5.41) is 17.9. The smallest absolute Gasteiger partial charge is 0.342 e. The van der Waals surface area contributed by atoms with Crippen molar-refractivity contribution in [2.45, 2.75) is 26.9 Å². The largest absolute Gasteiger partial charge is 0.449 e. The zero-order valence-electron chi connectivity index (χ0n) is 16.7. The quantitative estimate of drug-likeness (QED) is 0.379. The standard InChI is InChI=1S/C21H20N4O5/c1-13-19(14(2)24(23-13)16-9-5-4-6-10-16)21(27)30-15(3)20(26)22-17-11-7-8-12-18(17)25(28)29/h4-12,15H,1-3H3,(H,22,26)/t15-/m0/s1. The van der Waals surface area contributed by atoms with Crippen LogP contribution >= 0.6 is 0 Å². The SMILES string of the molecule is Cc1nn(-c2ccccc2)c(C)c1C(=O)O[C@@H](C)C(=O)Nc1ccccc1[N+](=O)[O-]. The van der Waals surface area contributed by atoms with E-state index < -0.39 is 22.9 Å². The molecule has 1 heterocycles. The summed E-state index contributed by atoms with van der Waals surface area (Å²) in [6.07, 6.45) is -1.17. The number of nitrogens with zero attached hydrogens (tertiary/aromatic N) is 3. The average molecular weight is 408 g/mol. The van der Waals surface area contributed by atoms with Crippen molar-refractivity contribution in [2.24, 2.45) is 0 Å². The van der Waals surface area contributed by atoms with Gasteiger partial charge in [-0.05, 0) is 39.0 Å². The third-order valence-electron chi connectivity index (χ3n) is 4.51. The molecule has 3 rings (SSSR count). The first-order valence-corrected chi connectivity index (χ1v) is 9.16. The molecule has 154 valence electrons. The Bertz CT molecular complexity index is 1110. The van der Waals surface area contributed by atoms with E-state index in [0.29, 0.717) is 11.4 Å². The Morgan fingerprint density at radius 1 is 1.10 bits per heavy atom. The third kappa shape index (κ3) is 4.19. The van der Waals surface area contributed by atoms with Gasteiger partial charge in [0.1, 0.15) is 11.3 Å². The number of benzene rings is 2. The van der Waals surface area contributed by atoms with E-state index in [4.69, 9.17) is 4.74 Å². The molecule has 1 N–H and O–H groups in total. The third-order valence-corrected chi connectivity index (χ3v) is 4.51. The number of amides is 1. The summed E-state index contributed by atoms with van der Waals surface area (Å²) in [5.41, 5.74) is 1.88. The molecule has 0 spiro atoms. The molecule has 30 heavy (non-hydrogen) atoms. The summed E-state index contributed by atoms with van der Waals surface area (Å²) >= 11 is 0. The van der Waals surface area contributed by atoms with Gasteiger partial charge in [-0.2, -0.15) is 5.10 Å². The van der Waals surface area contributed by atoms with Crippen molar-refractivity contribution in [3.05, 3.63) is 81.7 Å². The van der Waals surface area contributed by atoms with E-state index in [2.05, 4.69) is 10.4 Å². The summed E-state index contributed by atoms with van der Waals surface area (Å²) in [6.45, 7) is 4.82. The first kappa shape index (κ1) is 20.7. The molecule has 0 aliphatic rings. The number of nitro groups is 1. The van der Waals surface area contributed by atoms with Crippen LogP contribution in [0, 0.1) is 24.0 Å².